The van der Waals surface area contributed by atoms with Crippen LogP contribution in [0.5, 0.6) is 0 Å². The van der Waals surface area contributed by atoms with Gasteiger partial charge in [0.25, 0.3) is 0 Å². The molecule has 5 nitrogen and oxygen atoms in total. The largest absolute Gasteiger partial charge is 0.361 e. The standard InChI is InChI=1S/C19H13N5/c1-2-15(14-5-4-13-6-7-21-17(13)10-14)23-16(3-1)18-11-22-19-12-20-8-9-24(18)19/h1-12,21H. The monoisotopic (exact) mass is 311 g/mol. The van der Waals surface area contributed by atoms with Gasteiger partial charge in [0.1, 0.15) is 0 Å². The van der Waals surface area contributed by atoms with E-state index in [1.165, 1.54) is 5.39 Å². The first-order valence-electron chi connectivity index (χ1n) is 7.70. The van der Waals surface area contributed by atoms with Gasteiger partial charge in [-0.05, 0) is 29.7 Å². The number of hydrogen-bond acceptors (Lipinski definition) is 3. The lowest BCUT2D eigenvalue weighted by Gasteiger charge is -2.05. The second-order valence-electron chi connectivity index (χ2n) is 5.64. The smallest absolute Gasteiger partial charge is 0.155 e. The van der Waals surface area contributed by atoms with E-state index in [1.807, 2.05) is 41.2 Å². The van der Waals surface area contributed by atoms with Crippen molar-refractivity contribution in [1.82, 2.24) is 24.3 Å². The van der Waals surface area contributed by atoms with E-state index in [4.69, 9.17) is 4.98 Å². The predicted octanol–water partition coefficient (Wildman–Crippen LogP) is 3.94. The van der Waals surface area contributed by atoms with Gasteiger partial charge in [0.15, 0.2) is 5.65 Å². The highest BCUT2D eigenvalue weighted by molar-refractivity contribution is 5.84. The first-order valence-corrected chi connectivity index (χ1v) is 7.70. The van der Waals surface area contributed by atoms with Crippen molar-refractivity contribution in [2.75, 3.05) is 0 Å². The van der Waals surface area contributed by atoms with Gasteiger partial charge in [0.05, 0.1) is 29.5 Å². The molecule has 24 heavy (non-hydrogen) atoms. The van der Waals surface area contributed by atoms with Crippen molar-refractivity contribution in [1.29, 1.82) is 0 Å². The molecule has 114 valence electrons. The van der Waals surface area contributed by atoms with Gasteiger partial charge < -0.3 is 4.98 Å². The fraction of sp³-hybridized carbons (Fsp3) is 0. The Kier molecular flexibility index (Phi) is 2.72. The maximum Gasteiger partial charge on any atom is 0.155 e. The van der Waals surface area contributed by atoms with E-state index in [2.05, 4.69) is 39.2 Å². The lowest BCUT2D eigenvalue weighted by Crippen LogP contribution is -1.92. The van der Waals surface area contributed by atoms with Crippen molar-refractivity contribution in [3.63, 3.8) is 0 Å². The fourth-order valence-corrected chi connectivity index (χ4v) is 2.98. The van der Waals surface area contributed by atoms with Gasteiger partial charge in [0, 0.05) is 29.7 Å². The molecular weight excluding hydrogens is 298 g/mol. The lowest BCUT2D eigenvalue weighted by atomic mass is 10.1. The molecule has 4 aromatic heterocycles. The molecule has 0 aliphatic carbocycles. The van der Waals surface area contributed by atoms with Crippen molar-refractivity contribution >= 4 is 16.6 Å². The molecule has 0 radical (unpaired) electrons. The average Bonchev–Trinajstić information content (AvgIpc) is 3.28. The molecule has 0 aliphatic heterocycles. The molecule has 5 aromatic rings. The van der Waals surface area contributed by atoms with Crippen LogP contribution in [0.15, 0.2) is 73.4 Å². The minimum absolute atomic E-state index is 0.813. The molecule has 0 atom stereocenters. The highest BCUT2D eigenvalue weighted by Gasteiger charge is 2.09. The number of imidazole rings is 1. The Balaban J connectivity index is 1.65. The van der Waals surface area contributed by atoms with Gasteiger partial charge in [-0.3, -0.25) is 9.38 Å². The van der Waals surface area contributed by atoms with Gasteiger partial charge in [-0.25, -0.2) is 9.97 Å². The van der Waals surface area contributed by atoms with Crippen LogP contribution in [0.1, 0.15) is 0 Å². The third-order valence-electron chi connectivity index (χ3n) is 4.18. The van der Waals surface area contributed by atoms with Crippen LogP contribution in [0.2, 0.25) is 0 Å². The lowest BCUT2D eigenvalue weighted by molar-refractivity contribution is 1.12. The maximum atomic E-state index is 4.83. The highest BCUT2D eigenvalue weighted by Crippen LogP contribution is 2.25. The summed E-state index contributed by atoms with van der Waals surface area (Å²) in [7, 11) is 0. The van der Waals surface area contributed by atoms with Crippen molar-refractivity contribution in [2.24, 2.45) is 0 Å². The molecule has 0 unspecified atom stereocenters. The number of pyridine rings is 1. The number of fused-ring (bicyclic) bond motifs is 2. The van der Waals surface area contributed by atoms with Crippen LogP contribution in [0.25, 0.3) is 39.2 Å². The summed E-state index contributed by atoms with van der Waals surface area (Å²) in [6, 6.07) is 14.4. The second-order valence-corrected chi connectivity index (χ2v) is 5.64. The molecule has 4 heterocycles. The van der Waals surface area contributed by atoms with Crippen molar-refractivity contribution < 1.29 is 0 Å². The minimum atomic E-state index is 0.813. The van der Waals surface area contributed by atoms with E-state index in [0.717, 1.165) is 33.8 Å². The van der Waals surface area contributed by atoms with Gasteiger partial charge in [0.2, 0.25) is 0 Å². The zero-order valence-corrected chi connectivity index (χ0v) is 12.7. The Morgan fingerprint density at radius 2 is 1.92 bits per heavy atom. The van der Waals surface area contributed by atoms with Crippen molar-refractivity contribution in [3.05, 3.63) is 73.4 Å². The first-order chi connectivity index (χ1) is 11.9. The molecule has 0 saturated carbocycles. The first kappa shape index (κ1) is 13.0. The molecule has 5 heteroatoms. The summed E-state index contributed by atoms with van der Waals surface area (Å²) >= 11 is 0. The summed E-state index contributed by atoms with van der Waals surface area (Å²) in [6.45, 7) is 0. The summed E-state index contributed by atoms with van der Waals surface area (Å²) in [5, 5.41) is 1.20. The number of hydrogen-bond donors (Lipinski definition) is 1. The molecule has 0 fully saturated rings. The molecule has 0 spiro atoms. The third kappa shape index (κ3) is 1.99. The summed E-state index contributed by atoms with van der Waals surface area (Å²) in [4.78, 5) is 16.6. The van der Waals surface area contributed by atoms with Crippen LogP contribution in [-0.4, -0.2) is 24.3 Å². The van der Waals surface area contributed by atoms with Gasteiger partial charge >= 0.3 is 0 Å². The zero-order chi connectivity index (χ0) is 15.9. The van der Waals surface area contributed by atoms with Crippen molar-refractivity contribution in [3.8, 4) is 22.6 Å². The second kappa shape index (κ2) is 5.03. The van der Waals surface area contributed by atoms with E-state index in [0.29, 0.717) is 0 Å². The topological polar surface area (TPSA) is 58.9 Å². The molecular formula is C19H13N5. The molecule has 5 rings (SSSR count). The van der Waals surface area contributed by atoms with E-state index < -0.39 is 0 Å². The van der Waals surface area contributed by atoms with Gasteiger partial charge in [-0.2, -0.15) is 0 Å². The number of rotatable bonds is 2. The number of nitrogens with one attached hydrogen (secondary N) is 1. The van der Waals surface area contributed by atoms with Crippen LogP contribution in [0.3, 0.4) is 0 Å². The Bertz CT molecular complexity index is 1170. The number of nitrogens with zero attached hydrogens (tertiary/aromatic N) is 4. The molecule has 0 aliphatic rings. The number of benzene rings is 1. The maximum absolute atomic E-state index is 4.83. The van der Waals surface area contributed by atoms with Gasteiger partial charge in [-0.1, -0.05) is 18.2 Å². The summed E-state index contributed by atoms with van der Waals surface area (Å²) in [6.07, 6.45) is 9.17. The summed E-state index contributed by atoms with van der Waals surface area (Å²) < 4.78 is 1.99. The van der Waals surface area contributed by atoms with Crippen LogP contribution < -0.4 is 0 Å². The molecule has 1 N–H and O–H groups in total. The zero-order valence-electron chi connectivity index (χ0n) is 12.7. The minimum Gasteiger partial charge on any atom is -0.361 e. The Morgan fingerprint density at radius 3 is 2.92 bits per heavy atom. The Labute approximate surface area is 137 Å². The van der Waals surface area contributed by atoms with Crippen LogP contribution in [0.4, 0.5) is 0 Å². The Morgan fingerprint density at radius 1 is 0.958 bits per heavy atom. The Hall–Kier alpha value is -3.47. The number of aromatic nitrogens is 5. The number of H-pyrrole nitrogens is 1. The SMILES string of the molecule is c1cc(-c2ccc3cc[nH]c3c2)nc(-c2cnc3cnccn23)c1. The van der Waals surface area contributed by atoms with E-state index >= 15 is 0 Å². The quantitative estimate of drug-likeness (QED) is 0.537. The van der Waals surface area contributed by atoms with Crippen LogP contribution >= 0.6 is 0 Å². The van der Waals surface area contributed by atoms with E-state index in [9.17, 15) is 0 Å². The normalized spacial score (nSPS) is 11.3. The highest BCUT2D eigenvalue weighted by atomic mass is 15.0. The molecule has 0 saturated heterocycles. The summed E-state index contributed by atoms with van der Waals surface area (Å²) in [5.41, 5.74) is 5.79. The number of aromatic amines is 1. The molecule has 0 amide bonds. The summed E-state index contributed by atoms with van der Waals surface area (Å²) in [5.74, 6) is 0. The van der Waals surface area contributed by atoms with Crippen molar-refractivity contribution in [2.45, 2.75) is 0 Å². The van der Waals surface area contributed by atoms with Crippen LogP contribution in [0, 0.1) is 0 Å². The van der Waals surface area contributed by atoms with E-state index in [-0.39, 0.29) is 0 Å². The molecule has 1 aromatic carbocycles. The average molecular weight is 311 g/mol. The van der Waals surface area contributed by atoms with Crippen LogP contribution in [-0.2, 0) is 0 Å². The molecule has 0 bridgehead atoms. The third-order valence-corrected chi connectivity index (χ3v) is 4.18. The fourth-order valence-electron chi connectivity index (χ4n) is 2.98. The van der Waals surface area contributed by atoms with E-state index in [1.54, 1.807) is 12.4 Å². The predicted molar refractivity (Wildman–Crippen MR) is 93.5 cm³/mol. The van der Waals surface area contributed by atoms with Gasteiger partial charge in [-0.15, -0.1) is 0 Å².